The zero-order valence-electron chi connectivity index (χ0n) is 24.4. The number of piperidine rings is 1. The van der Waals surface area contributed by atoms with Crippen LogP contribution in [0.5, 0.6) is 0 Å². The molecule has 10 nitrogen and oxygen atoms in total. The number of amides is 2. The molecule has 12 heteroatoms. The van der Waals surface area contributed by atoms with E-state index in [9.17, 15) is 19.6 Å². The van der Waals surface area contributed by atoms with Crippen LogP contribution < -0.4 is 15.5 Å². The number of nitriles is 1. The van der Waals surface area contributed by atoms with Crippen molar-refractivity contribution in [3.05, 3.63) is 79.5 Å². The highest BCUT2D eigenvalue weighted by Crippen LogP contribution is 2.35. The molecule has 0 radical (unpaired) electrons. The van der Waals surface area contributed by atoms with Gasteiger partial charge in [0.2, 0.25) is 0 Å². The van der Waals surface area contributed by atoms with E-state index in [4.69, 9.17) is 21.1 Å². The molecule has 1 aliphatic rings. The maximum atomic E-state index is 13.8. The molecule has 3 aromatic rings. The summed E-state index contributed by atoms with van der Waals surface area (Å²) in [4.78, 5) is 40.2. The Morgan fingerprint density at radius 2 is 1.84 bits per heavy atom. The van der Waals surface area contributed by atoms with Gasteiger partial charge in [-0.25, -0.2) is 9.59 Å². The van der Waals surface area contributed by atoms with E-state index in [0.29, 0.717) is 50.0 Å². The highest BCUT2D eigenvalue weighted by Gasteiger charge is 2.33. The quantitative estimate of drug-likeness (QED) is 0.220. The maximum Gasteiger partial charge on any atom is 0.407 e. The minimum atomic E-state index is -0.631. The number of rotatable bonds is 7. The van der Waals surface area contributed by atoms with Gasteiger partial charge in [-0.15, -0.1) is 0 Å². The lowest BCUT2D eigenvalue weighted by Crippen LogP contribution is -2.49. The fraction of sp³-hybridized carbons (Fsp3) is 0.355. The predicted molar refractivity (Wildman–Crippen MR) is 173 cm³/mol. The van der Waals surface area contributed by atoms with Crippen LogP contribution in [0.1, 0.15) is 65.6 Å². The Kier molecular flexibility index (Phi) is 10.2. The summed E-state index contributed by atoms with van der Waals surface area (Å²) in [5.41, 5.74) is 1.62. The average Bonchev–Trinajstić information content (AvgIpc) is 3.23. The lowest BCUT2D eigenvalue weighted by Gasteiger charge is -2.36. The first-order valence-corrected chi connectivity index (χ1v) is 15.2. The van der Waals surface area contributed by atoms with Gasteiger partial charge in [0, 0.05) is 29.8 Å². The Hall–Kier alpha value is -3.76. The number of hydrogen-bond donors (Lipinski definition) is 2. The van der Waals surface area contributed by atoms with E-state index >= 15 is 0 Å². The zero-order chi connectivity index (χ0) is 31.3. The Morgan fingerprint density at radius 3 is 2.47 bits per heavy atom. The van der Waals surface area contributed by atoms with Gasteiger partial charge in [-0.1, -0.05) is 29.8 Å². The van der Waals surface area contributed by atoms with Crippen LogP contribution in [0.25, 0.3) is 0 Å². The van der Waals surface area contributed by atoms with Crippen molar-refractivity contribution in [1.82, 2.24) is 9.88 Å². The monoisotopic (exact) mass is 717 g/mol. The lowest BCUT2D eigenvalue weighted by molar-refractivity contribution is 0.0498. The van der Waals surface area contributed by atoms with Crippen LogP contribution >= 0.6 is 34.2 Å². The predicted octanol–water partition coefficient (Wildman–Crippen LogP) is 6.20. The molecule has 226 valence electrons. The number of benzene rings is 2. The van der Waals surface area contributed by atoms with E-state index in [0.717, 1.165) is 18.4 Å². The van der Waals surface area contributed by atoms with Crippen molar-refractivity contribution in [1.29, 1.82) is 5.26 Å². The number of alkyl carbamates (subject to hydrolysis) is 1. The first-order valence-electron chi connectivity index (χ1n) is 13.7. The molecule has 0 aliphatic carbocycles. The zero-order valence-corrected chi connectivity index (χ0v) is 27.3. The van der Waals surface area contributed by atoms with Crippen molar-refractivity contribution in [3.8, 4) is 6.07 Å². The topological polar surface area (TPSA) is 126 Å². The molecule has 2 heterocycles. The van der Waals surface area contributed by atoms with E-state index in [1.165, 1.54) is 7.11 Å². The van der Waals surface area contributed by atoms with Gasteiger partial charge in [0.1, 0.15) is 28.7 Å². The van der Waals surface area contributed by atoms with Crippen molar-refractivity contribution in [2.75, 3.05) is 30.4 Å². The lowest BCUT2D eigenvalue weighted by atomic mass is 10.1. The first-order chi connectivity index (χ1) is 20.4. The first kappa shape index (κ1) is 32.2. The van der Waals surface area contributed by atoms with Gasteiger partial charge in [0.05, 0.1) is 22.8 Å². The van der Waals surface area contributed by atoms with E-state index < -0.39 is 23.6 Å². The second-order valence-electron chi connectivity index (χ2n) is 11.1. The molecule has 0 spiro atoms. The fourth-order valence-corrected chi connectivity index (χ4v) is 6.03. The van der Waals surface area contributed by atoms with Gasteiger partial charge < -0.3 is 29.6 Å². The molecule has 1 atom stereocenters. The summed E-state index contributed by atoms with van der Waals surface area (Å²) in [5.74, 6) is -0.329. The molecule has 2 amide bonds. The molecule has 2 N–H and O–H groups in total. The standard InChI is InChI=1S/C31H33ClIN5O5/c1-31(2,3)43-30(41)36-22-9-7-15-37(18-22)28-23(16-34)25(33)26(38(28)17-20-8-5-6-10-24(20)32)27(39)35-21-13-11-19(12-14-21)29(40)42-4/h5-6,8,10-14,22H,7,9,15,17-18H2,1-4H3,(H,35,39)(H,36,41)/t22-/m1/s1. The number of nitrogens with one attached hydrogen (secondary N) is 2. The number of nitrogens with zero attached hydrogens (tertiary/aromatic N) is 3. The van der Waals surface area contributed by atoms with Crippen molar-refractivity contribution in [2.45, 2.75) is 51.8 Å². The third kappa shape index (κ3) is 7.80. The third-order valence-corrected chi connectivity index (χ3v) is 8.21. The van der Waals surface area contributed by atoms with Crippen molar-refractivity contribution in [3.63, 3.8) is 0 Å². The van der Waals surface area contributed by atoms with Crippen molar-refractivity contribution >= 4 is 63.7 Å². The van der Waals surface area contributed by atoms with Crippen molar-refractivity contribution in [2.24, 2.45) is 0 Å². The number of hydrogen-bond acceptors (Lipinski definition) is 7. The molecule has 1 aromatic heterocycles. The molecule has 2 aromatic carbocycles. The van der Waals surface area contributed by atoms with E-state index in [2.05, 4.69) is 16.7 Å². The van der Waals surface area contributed by atoms with Crippen LogP contribution in [0.15, 0.2) is 48.5 Å². The highest BCUT2D eigenvalue weighted by molar-refractivity contribution is 14.1. The Bertz CT molecular complexity index is 1560. The van der Waals surface area contributed by atoms with Crippen LogP contribution in [0.3, 0.4) is 0 Å². The second-order valence-corrected chi connectivity index (χ2v) is 12.6. The number of ether oxygens (including phenoxy) is 2. The summed E-state index contributed by atoms with van der Waals surface area (Å²) < 4.78 is 12.5. The smallest absolute Gasteiger partial charge is 0.407 e. The highest BCUT2D eigenvalue weighted by atomic mass is 127. The number of methoxy groups -OCH3 is 1. The van der Waals surface area contributed by atoms with E-state index in [1.54, 1.807) is 30.3 Å². The van der Waals surface area contributed by atoms with Crippen LogP contribution in [-0.2, 0) is 16.0 Å². The number of esters is 1. The molecule has 0 saturated carbocycles. The van der Waals surface area contributed by atoms with Crippen LogP contribution in [0.2, 0.25) is 5.02 Å². The fourth-order valence-electron chi connectivity index (χ4n) is 4.94. The molecule has 1 aliphatic heterocycles. The van der Waals surface area contributed by atoms with E-state index in [-0.39, 0.29) is 12.6 Å². The maximum absolute atomic E-state index is 13.8. The number of anilines is 2. The largest absolute Gasteiger partial charge is 0.465 e. The summed E-state index contributed by atoms with van der Waals surface area (Å²) in [7, 11) is 1.30. The summed E-state index contributed by atoms with van der Waals surface area (Å²) in [5, 5.41) is 16.7. The van der Waals surface area contributed by atoms with Gasteiger partial charge in [-0.05, 0) is 92.1 Å². The summed E-state index contributed by atoms with van der Waals surface area (Å²) >= 11 is 8.58. The van der Waals surface area contributed by atoms with Gasteiger partial charge in [0.25, 0.3) is 5.91 Å². The molecular weight excluding hydrogens is 685 g/mol. The van der Waals surface area contributed by atoms with Crippen molar-refractivity contribution < 1.29 is 23.9 Å². The molecule has 1 fully saturated rings. The van der Waals surface area contributed by atoms with Gasteiger partial charge in [-0.3, -0.25) is 4.79 Å². The molecule has 0 bridgehead atoms. The molecular formula is C31H33ClIN5O5. The van der Waals surface area contributed by atoms with Gasteiger partial charge in [0.15, 0.2) is 0 Å². The van der Waals surface area contributed by atoms with E-state index in [1.807, 2.05) is 71.0 Å². The molecule has 43 heavy (non-hydrogen) atoms. The normalized spacial score (nSPS) is 14.9. The summed E-state index contributed by atoms with van der Waals surface area (Å²) in [6.07, 6.45) is 1.00. The Balaban J connectivity index is 1.72. The van der Waals surface area contributed by atoms with Crippen LogP contribution in [-0.4, -0.2) is 54.4 Å². The minimum Gasteiger partial charge on any atom is -0.465 e. The third-order valence-electron chi connectivity index (χ3n) is 6.80. The second kappa shape index (κ2) is 13.7. The SMILES string of the molecule is COC(=O)c1ccc(NC(=O)c2c(I)c(C#N)c(N3CCC[C@@H](NC(=O)OC(C)(C)C)C3)n2Cc2ccccc2Cl)cc1. The van der Waals surface area contributed by atoms with Crippen LogP contribution in [0.4, 0.5) is 16.3 Å². The Labute approximate surface area is 269 Å². The number of aromatic nitrogens is 1. The van der Waals surface area contributed by atoms with Gasteiger partial charge >= 0.3 is 12.1 Å². The van der Waals surface area contributed by atoms with Gasteiger partial charge in [-0.2, -0.15) is 5.26 Å². The average molecular weight is 718 g/mol. The Morgan fingerprint density at radius 1 is 1.14 bits per heavy atom. The number of carbonyl (C=O) groups excluding carboxylic acids is 3. The molecule has 1 saturated heterocycles. The number of carbonyl (C=O) groups is 3. The molecule has 0 unspecified atom stereocenters. The molecule has 4 rings (SSSR count). The summed E-state index contributed by atoms with van der Waals surface area (Å²) in [6.45, 7) is 6.71. The van der Waals surface area contributed by atoms with Crippen LogP contribution in [0, 0.1) is 14.9 Å². The summed E-state index contributed by atoms with van der Waals surface area (Å²) in [6, 6.07) is 15.8. The number of halogens is 2. The minimum absolute atomic E-state index is 0.220.